The number of likely N-dealkylation sites (tertiary alicyclic amines) is 1. The Morgan fingerprint density at radius 3 is 2.60 bits per heavy atom. The molecule has 0 aliphatic carbocycles. The minimum Gasteiger partial charge on any atom is -0.368 e. The maximum Gasteiger partial charge on any atom is 0.242 e. The van der Waals surface area contributed by atoms with E-state index in [2.05, 4.69) is 10.0 Å². The molecule has 1 heterocycles. The average Bonchev–Trinajstić information content (AvgIpc) is 3.17. The van der Waals surface area contributed by atoms with E-state index in [9.17, 15) is 18.0 Å². The second kappa shape index (κ2) is 9.38. The smallest absolute Gasteiger partial charge is 0.242 e. The Labute approximate surface area is 176 Å². The number of nitrogens with two attached hydrogens (primary N) is 1. The maximum absolute atomic E-state index is 12.5. The Bertz CT molecular complexity index is 1010. The van der Waals surface area contributed by atoms with Crippen molar-refractivity contribution in [2.24, 2.45) is 5.73 Å². The number of hydrogen-bond acceptors (Lipinski definition) is 5. The summed E-state index contributed by atoms with van der Waals surface area (Å²) < 4.78 is 27.2. The molecule has 0 spiro atoms. The van der Waals surface area contributed by atoms with Crippen molar-refractivity contribution in [3.8, 4) is 0 Å². The Morgan fingerprint density at radius 1 is 1.17 bits per heavy atom. The Hall–Kier alpha value is -2.75. The second-order valence-corrected chi connectivity index (χ2v) is 9.09. The van der Waals surface area contributed by atoms with E-state index in [0.717, 1.165) is 24.9 Å². The molecule has 1 unspecified atom stereocenters. The molecule has 1 aliphatic heterocycles. The van der Waals surface area contributed by atoms with Crippen molar-refractivity contribution in [1.82, 2.24) is 9.62 Å². The summed E-state index contributed by atoms with van der Waals surface area (Å²) in [4.78, 5) is 26.2. The Kier molecular flexibility index (Phi) is 6.86. The molecule has 160 valence electrons. The SMILES string of the molecule is C[C@H](NS(=O)(=O)c1ccccc1)C(=O)Nc1cccc(CN2CCCC2C(N)=O)c1. The largest absolute Gasteiger partial charge is 0.368 e. The molecular formula is C21H26N4O4S. The lowest BCUT2D eigenvalue weighted by molar-refractivity contribution is -0.122. The molecule has 8 nitrogen and oxygen atoms in total. The number of amides is 2. The molecule has 1 aliphatic rings. The Morgan fingerprint density at radius 2 is 1.90 bits per heavy atom. The normalized spacial score (nSPS) is 18.1. The van der Waals surface area contributed by atoms with E-state index in [0.29, 0.717) is 12.2 Å². The highest BCUT2D eigenvalue weighted by Gasteiger charge is 2.29. The van der Waals surface area contributed by atoms with Gasteiger partial charge in [-0.15, -0.1) is 0 Å². The van der Waals surface area contributed by atoms with Crippen LogP contribution in [0.5, 0.6) is 0 Å². The number of carbonyl (C=O) groups is 2. The lowest BCUT2D eigenvalue weighted by Gasteiger charge is -2.22. The third-order valence-corrected chi connectivity index (χ3v) is 6.61. The predicted molar refractivity (Wildman–Crippen MR) is 114 cm³/mol. The summed E-state index contributed by atoms with van der Waals surface area (Å²) in [6.45, 7) is 2.83. The van der Waals surface area contributed by atoms with Gasteiger partial charge in [0.25, 0.3) is 0 Å². The average molecular weight is 431 g/mol. The molecule has 4 N–H and O–H groups in total. The van der Waals surface area contributed by atoms with Crippen LogP contribution >= 0.6 is 0 Å². The molecular weight excluding hydrogens is 404 g/mol. The van der Waals surface area contributed by atoms with Gasteiger partial charge in [0.2, 0.25) is 21.8 Å². The summed E-state index contributed by atoms with van der Waals surface area (Å²) in [5.41, 5.74) is 6.95. The first-order chi connectivity index (χ1) is 14.3. The molecule has 0 saturated carbocycles. The number of sulfonamides is 1. The zero-order chi connectivity index (χ0) is 21.7. The lowest BCUT2D eigenvalue weighted by atomic mass is 10.1. The standard InChI is InChI=1S/C21H26N4O4S/c1-15(24-30(28,29)18-9-3-2-4-10-18)21(27)23-17-8-5-7-16(13-17)14-25-12-6-11-19(25)20(22)26/h2-5,7-10,13,15,19,24H,6,11-12,14H2,1H3,(H2,22,26)(H,23,27)/t15-,19?/m0/s1. The molecule has 2 aromatic rings. The van der Waals surface area contributed by atoms with Crippen molar-refractivity contribution in [3.63, 3.8) is 0 Å². The van der Waals surface area contributed by atoms with Crippen molar-refractivity contribution in [2.45, 2.75) is 43.3 Å². The number of hydrogen-bond donors (Lipinski definition) is 3. The number of carbonyl (C=O) groups excluding carboxylic acids is 2. The van der Waals surface area contributed by atoms with Gasteiger partial charge in [0.05, 0.1) is 17.0 Å². The van der Waals surface area contributed by atoms with Gasteiger partial charge in [0.15, 0.2) is 0 Å². The van der Waals surface area contributed by atoms with Gasteiger partial charge in [0.1, 0.15) is 0 Å². The van der Waals surface area contributed by atoms with E-state index in [-0.39, 0.29) is 16.8 Å². The quantitative estimate of drug-likeness (QED) is 0.585. The first-order valence-electron chi connectivity index (χ1n) is 9.77. The van der Waals surface area contributed by atoms with Crippen molar-refractivity contribution in [1.29, 1.82) is 0 Å². The second-order valence-electron chi connectivity index (χ2n) is 7.38. The van der Waals surface area contributed by atoms with E-state index in [1.165, 1.54) is 19.1 Å². The van der Waals surface area contributed by atoms with Gasteiger partial charge in [-0.2, -0.15) is 4.72 Å². The molecule has 1 fully saturated rings. The van der Waals surface area contributed by atoms with Crippen LogP contribution in [0.4, 0.5) is 5.69 Å². The fraction of sp³-hybridized carbons (Fsp3) is 0.333. The van der Waals surface area contributed by atoms with E-state index < -0.39 is 22.0 Å². The van der Waals surface area contributed by atoms with Crippen LogP contribution in [0.15, 0.2) is 59.5 Å². The monoisotopic (exact) mass is 430 g/mol. The number of benzene rings is 2. The lowest BCUT2D eigenvalue weighted by Crippen LogP contribution is -2.41. The molecule has 30 heavy (non-hydrogen) atoms. The molecule has 2 amide bonds. The van der Waals surface area contributed by atoms with Crippen LogP contribution in [0.25, 0.3) is 0 Å². The molecule has 2 aromatic carbocycles. The first kappa shape index (κ1) is 21.9. The van der Waals surface area contributed by atoms with E-state index in [1.54, 1.807) is 30.3 Å². The van der Waals surface area contributed by atoms with E-state index in [4.69, 9.17) is 5.73 Å². The molecule has 0 aromatic heterocycles. The van der Waals surface area contributed by atoms with Gasteiger partial charge < -0.3 is 11.1 Å². The zero-order valence-corrected chi connectivity index (χ0v) is 17.6. The highest BCUT2D eigenvalue weighted by Crippen LogP contribution is 2.21. The summed E-state index contributed by atoms with van der Waals surface area (Å²) in [7, 11) is -3.80. The summed E-state index contributed by atoms with van der Waals surface area (Å²) in [5, 5.41) is 2.74. The number of nitrogens with zero attached hydrogens (tertiary/aromatic N) is 1. The molecule has 3 rings (SSSR count). The molecule has 0 radical (unpaired) electrons. The summed E-state index contributed by atoms with van der Waals surface area (Å²) >= 11 is 0. The van der Waals surface area contributed by atoms with E-state index >= 15 is 0 Å². The maximum atomic E-state index is 12.5. The summed E-state index contributed by atoms with van der Waals surface area (Å²) in [5.74, 6) is -0.792. The Balaban J connectivity index is 1.62. The predicted octanol–water partition coefficient (Wildman–Crippen LogP) is 1.44. The molecule has 0 bridgehead atoms. The number of anilines is 1. The third-order valence-electron chi connectivity index (χ3n) is 5.05. The van der Waals surface area contributed by atoms with Gasteiger partial charge >= 0.3 is 0 Å². The number of nitrogens with one attached hydrogen (secondary N) is 2. The fourth-order valence-electron chi connectivity index (χ4n) is 3.52. The van der Waals surface area contributed by atoms with E-state index in [1.807, 2.05) is 17.0 Å². The third kappa shape index (κ3) is 5.44. The van der Waals surface area contributed by atoms with Crippen LogP contribution in [0.3, 0.4) is 0 Å². The van der Waals surface area contributed by atoms with Gasteiger partial charge in [-0.1, -0.05) is 30.3 Å². The topological polar surface area (TPSA) is 122 Å². The van der Waals surface area contributed by atoms with Crippen LogP contribution in [0, 0.1) is 0 Å². The highest BCUT2D eigenvalue weighted by molar-refractivity contribution is 7.89. The molecule has 1 saturated heterocycles. The van der Waals surface area contributed by atoms with Crippen LogP contribution in [0.2, 0.25) is 0 Å². The van der Waals surface area contributed by atoms with Gasteiger partial charge in [-0.05, 0) is 56.1 Å². The van der Waals surface area contributed by atoms with Crippen molar-refractivity contribution in [2.75, 3.05) is 11.9 Å². The first-order valence-corrected chi connectivity index (χ1v) is 11.2. The van der Waals surface area contributed by atoms with Crippen molar-refractivity contribution in [3.05, 3.63) is 60.2 Å². The van der Waals surface area contributed by atoms with Crippen LogP contribution < -0.4 is 15.8 Å². The van der Waals surface area contributed by atoms with Crippen molar-refractivity contribution >= 4 is 27.5 Å². The molecule has 9 heteroatoms. The number of rotatable bonds is 8. The van der Waals surface area contributed by atoms with Crippen LogP contribution in [-0.2, 0) is 26.2 Å². The minimum absolute atomic E-state index is 0.0984. The van der Waals surface area contributed by atoms with Gasteiger partial charge in [-0.25, -0.2) is 8.42 Å². The van der Waals surface area contributed by atoms with Gasteiger partial charge in [0, 0.05) is 12.2 Å². The summed E-state index contributed by atoms with van der Waals surface area (Å²) in [6, 6.07) is 13.9. The summed E-state index contributed by atoms with van der Waals surface area (Å²) in [6.07, 6.45) is 1.67. The zero-order valence-electron chi connectivity index (χ0n) is 16.7. The van der Waals surface area contributed by atoms with Crippen LogP contribution in [-0.4, -0.2) is 43.8 Å². The fourth-order valence-corrected chi connectivity index (χ4v) is 4.75. The number of primary amides is 1. The van der Waals surface area contributed by atoms with Crippen molar-refractivity contribution < 1.29 is 18.0 Å². The van der Waals surface area contributed by atoms with Gasteiger partial charge in [-0.3, -0.25) is 14.5 Å². The highest BCUT2D eigenvalue weighted by atomic mass is 32.2. The molecule has 2 atom stereocenters. The van der Waals surface area contributed by atoms with Crippen LogP contribution in [0.1, 0.15) is 25.3 Å². The minimum atomic E-state index is -3.80.